The molecule has 0 N–H and O–H groups in total. The molecule has 0 bridgehead atoms. The number of hydrogen-bond donors (Lipinski definition) is 0. The molecule has 1 atom stereocenters. The average molecular weight is 537 g/mol. The zero-order chi connectivity index (χ0) is 28.0. The van der Waals surface area contributed by atoms with Gasteiger partial charge in [0.25, 0.3) is 0 Å². The molecule has 0 aliphatic rings. The maximum Gasteiger partial charge on any atom is 0.306 e. The molecule has 39 heavy (non-hydrogen) atoms. The summed E-state index contributed by atoms with van der Waals surface area (Å²) in [5.74, 6) is -0.0832. The zero-order valence-corrected chi connectivity index (χ0v) is 24.8. The minimum absolute atomic E-state index is 0.0832. The number of esters is 1. The first-order valence-electron chi connectivity index (χ1n) is 15.3. The maximum atomic E-state index is 12.7. The topological polar surface area (TPSA) is 52.6 Å². The average Bonchev–Trinajstić information content (AvgIpc) is 3.62. The van der Waals surface area contributed by atoms with Crippen LogP contribution in [-0.4, -0.2) is 12.1 Å². The zero-order valence-electron chi connectivity index (χ0n) is 24.8. The summed E-state index contributed by atoms with van der Waals surface area (Å²) in [5.41, 5.74) is 4.68. The number of rotatable bonds is 22. The number of allylic oxidation sites excluding steroid dienone is 3. The lowest BCUT2D eigenvalue weighted by atomic mass is 10.0. The predicted molar refractivity (Wildman–Crippen MR) is 162 cm³/mol. The van der Waals surface area contributed by atoms with E-state index in [1.165, 1.54) is 74.5 Å². The van der Waals surface area contributed by atoms with Crippen LogP contribution in [0.3, 0.4) is 0 Å². The largest absolute Gasteiger partial charge is 0.472 e. The highest BCUT2D eigenvalue weighted by molar-refractivity contribution is 5.69. The number of furan rings is 2. The van der Waals surface area contributed by atoms with Gasteiger partial charge >= 0.3 is 5.97 Å². The lowest BCUT2D eigenvalue weighted by Crippen LogP contribution is -2.17. The van der Waals surface area contributed by atoms with Crippen LogP contribution in [0.15, 0.2) is 75.4 Å². The van der Waals surface area contributed by atoms with E-state index in [2.05, 4.69) is 45.1 Å². The molecule has 0 aromatic carbocycles. The van der Waals surface area contributed by atoms with Gasteiger partial charge in [0.1, 0.15) is 6.10 Å². The van der Waals surface area contributed by atoms with Crippen LogP contribution in [-0.2, 0) is 16.0 Å². The van der Waals surface area contributed by atoms with Gasteiger partial charge in [-0.15, -0.1) is 0 Å². The molecule has 0 spiro atoms. The summed E-state index contributed by atoms with van der Waals surface area (Å²) in [5, 5.41) is 0. The normalized spacial score (nSPS) is 13.3. The molecule has 0 saturated carbocycles. The van der Waals surface area contributed by atoms with Crippen molar-refractivity contribution in [1.82, 2.24) is 0 Å². The third kappa shape index (κ3) is 16.7. The van der Waals surface area contributed by atoms with E-state index in [0.29, 0.717) is 6.42 Å². The molecule has 2 rings (SSSR count). The monoisotopic (exact) mass is 536 g/mol. The van der Waals surface area contributed by atoms with E-state index in [9.17, 15) is 4.79 Å². The molecular weight excluding hydrogens is 484 g/mol. The highest BCUT2D eigenvalue weighted by Crippen LogP contribution is 2.18. The van der Waals surface area contributed by atoms with Gasteiger partial charge in [-0.3, -0.25) is 4.79 Å². The summed E-state index contributed by atoms with van der Waals surface area (Å²) in [7, 11) is 0. The van der Waals surface area contributed by atoms with Gasteiger partial charge in [-0.1, -0.05) is 101 Å². The second-order valence-electron chi connectivity index (χ2n) is 10.9. The Bertz CT molecular complexity index is 947. The Balaban J connectivity index is 1.76. The first-order valence-corrected chi connectivity index (χ1v) is 15.3. The highest BCUT2D eigenvalue weighted by Gasteiger charge is 2.13. The second-order valence-corrected chi connectivity index (χ2v) is 10.9. The minimum Gasteiger partial charge on any atom is -0.472 e. The smallest absolute Gasteiger partial charge is 0.306 e. The van der Waals surface area contributed by atoms with E-state index in [1.54, 1.807) is 25.1 Å². The third-order valence-electron chi connectivity index (χ3n) is 7.06. The van der Waals surface area contributed by atoms with Gasteiger partial charge in [0.2, 0.25) is 0 Å². The summed E-state index contributed by atoms with van der Waals surface area (Å²) in [6, 6.07) is 3.94. The minimum atomic E-state index is -0.238. The van der Waals surface area contributed by atoms with Gasteiger partial charge in [0.15, 0.2) is 0 Å². The Morgan fingerprint density at radius 3 is 2.18 bits per heavy atom. The lowest BCUT2D eigenvalue weighted by molar-refractivity contribution is -0.147. The van der Waals surface area contributed by atoms with Crippen LogP contribution in [0.2, 0.25) is 0 Å². The molecule has 0 aliphatic heterocycles. The molecule has 2 aromatic rings. The number of aryl methyl sites for hydroxylation is 1. The first kappa shape index (κ1) is 32.5. The molecule has 0 fully saturated rings. The van der Waals surface area contributed by atoms with Crippen molar-refractivity contribution in [2.24, 2.45) is 0 Å². The van der Waals surface area contributed by atoms with E-state index < -0.39 is 0 Å². The summed E-state index contributed by atoms with van der Waals surface area (Å²) >= 11 is 0. The number of unbranched alkanes of at least 4 members (excludes halogenated alkanes) is 10. The lowest BCUT2D eigenvalue weighted by Gasteiger charge is -2.16. The SMILES string of the molecule is CCCCCCCCCCCCCC(=O)OC(C=C(C)CC=Cc1ccoc1)CC(C)=CCCc1ccoc1. The summed E-state index contributed by atoms with van der Waals surface area (Å²) < 4.78 is 16.3. The number of carbonyl (C=O) groups excluding carboxylic acids is 1. The Morgan fingerprint density at radius 1 is 0.872 bits per heavy atom. The van der Waals surface area contributed by atoms with Gasteiger partial charge in [-0.25, -0.2) is 0 Å². The third-order valence-corrected chi connectivity index (χ3v) is 7.06. The Labute approximate surface area is 237 Å². The van der Waals surface area contributed by atoms with Crippen molar-refractivity contribution in [3.8, 4) is 0 Å². The van der Waals surface area contributed by atoms with Gasteiger partial charge in [-0.05, 0) is 63.3 Å². The van der Waals surface area contributed by atoms with Crippen molar-refractivity contribution in [2.75, 3.05) is 0 Å². The fraction of sp³-hybridized carbons (Fsp3) is 0.571. The molecule has 0 radical (unpaired) electrons. The summed E-state index contributed by atoms with van der Waals surface area (Å²) in [6.07, 6.45) is 33.2. The number of ether oxygens (including phenoxy) is 1. The van der Waals surface area contributed by atoms with Crippen LogP contribution in [0, 0.1) is 0 Å². The van der Waals surface area contributed by atoms with Crippen molar-refractivity contribution in [2.45, 2.75) is 130 Å². The highest BCUT2D eigenvalue weighted by atomic mass is 16.5. The Morgan fingerprint density at radius 2 is 1.54 bits per heavy atom. The maximum absolute atomic E-state index is 12.7. The molecule has 2 aromatic heterocycles. The Kier molecular flexibility index (Phi) is 17.6. The van der Waals surface area contributed by atoms with Crippen molar-refractivity contribution < 1.29 is 18.4 Å². The number of carbonyl (C=O) groups is 1. The van der Waals surface area contributed by atoms with Crippen LogP contribution in [0.25, 0.3) is 6.08 Å². The van der Waals surface area contributed by atoms with Crippen LogP contribution < -0.4 is 0 Å². The quantitative estimate of drug-likeness (QED) is 0.0853. The Hall–Kier alpha value is -2.75. The van der Waals surface area contributed by atoms with Crippen molar-refractivity contribution >= 4 is 12.0 Å². The molecule has 216 valence electrons. The van der Waals surface area contributed by atoms with Crippen LogP contribution >= 0.6 is 0 Å². The molecule has 2 heterocycles. The van der Waals surface area contributed by atoms with E-state index in [-0.39, 0.29) is 12.1 Å². The number of hydrogen-bond acceptors (Lipinski definition) is 4. The summed E-state index contributed by atoms with van der Waals surface area (Å²) in [4.78, 5) is 12.7. The fourth-order valence-corrected chi connectivity index (χ4v) is 4.75. The molecule has 4 nitrogen and oxygen atoms in total. The van der Waals surface area contributed by atoms with Crippen molar-refractivity contribution in [1.29, 1.82) is 0 Å². The first-order chi connectivity index (χ1) is 19.1. The van der Waals surface area contributed by atoms with E-state index in [1.807, 2.05) is 12.1 Å². The van der Waals surface area contributed by atoms with Gasteiger partial charge in [-0.2, -0.15) is 0 Å². The van der Waals surface area contributed by atoms with Crippen molar-refractivity contribution in [3.05, 3.63) is 77.7 Å². The van der Waals surface area contributed by atoms with Gasteiger partial charge in [0, 0.05) is 18.4 Å². The van der Waals surface area contributed by atoms with Crippen molar-refractivity contribution in [3.63, 3.8) is 0 Å². The van der Waals surface area contributed by atoms with Crippen LogP contribution in [0.1, 0.15) is 128 Å². The molecule has 4 heteroatoms. The van der Waals surface area contributed by atoms with Gasteiger partial charge in [0.05, 0.1) is 25.1 Å². The second kappa shape index (κ2) is 21.1. The van der Waals surface area contributed by atoms with Crippen LogP contribution in [0.5, 0.6) is 0 Å². The van der Waals surface area contributed by atoms with Gasteiger partial charge < -0.3 is 13.6 Å². The van der Waals surface area contributed by atoms with E-state index in [0.717, 1.165) is 44.1 Å². The molecule has 1 unspecified atom stereocenters. The molecule has 0 saturated heterocycles. The summed E-state index contributed by atoms with van der Waals surface area (Å²) in [6.45, 7) is 6.49. The van der Waals surface area contributed by atoms with E-state index >= 15 is 0 Å². The molecule has 0 aliphatic carbocycles. The molecular formula is C35H52O4. The van der Waals surface area contributed by atoms with E-state index in [4.69, 9.17) is 13.6 Å². The standard InChI is InChI=1S/C35H52O4/c1-4-5-6-7-8-9-10-11-12-13-14-21-35(36)39-34(26-30(2)17-15-19-32-22-24-37-28-32)27-31(3)18-16-20-33-23-25-38-29-33/h15,18-19,22-26,28-29,34H,4-14,16-17,20-21,27H2,1-3H3. The predicted octanol–water partition coefficient (Wildman–Crippen LogP) is 10.8. The molecule has 0 amide bonds. The fourth-order valence-electron chi connectivity index (χ4n) is 4.75. The van der Waals surface area contributed by atoms with Crippen LogP contribution in [0.4, 0.5) is 0 Å².